The number of hydrogen-bond donors (Lipinski definition) is 3. The fourth-order valence-corrected chi connectivity index (χ4v) is 2.17. The summed E-state index contributed by atoms with van der Waals surface area (Å²) in [5, 5.41) is 7.78. The molecule has 1 aliphatic heterocycles. The third-order valence-corrected chi connectivity index (χ3v) is 3.31. The van der Waals surface area contributed by atoms with Crippen LogP contribution < -0.4 is 20.7 Å². The maximum atomic E-state index is 12.3. The van der Waals surface area contributed by atoms with E-state index in [1.807, 2.05) is 0 Å². The molecule has 3 amide bonds. The van der Waals surface area contributed by atoms with E-state index in [0.29, 0.717) is 17.1 Å². The molecule has 3 N–H and O–H groups in total. The van der Waals surface area contributed by atoms with Crippen molar-refractivity contribution < 1.29 is 19.1 Å². The van der Waals surface area contributed by atoms with Gasteiger partial charge in [0.05, 0.1) is 5.69 Å². The van der Waals surface area contributed by atoms with Crippen LogP contribution in [0.25, 0.3) is 0 Å². The van der Waals surface area contributed by atoms with Crippen LogP contribution in [0.1, 0.15) is 21.0 Å². The minimum Gasteiger partial charge on any atom is -0.482 e. The van der Waals surface area contributed by atoms with Gasteiger partial charge in [0.25, 0.3) is 17.7 Å². The standard InChI is InChI=1S/C16H14N4O4/c1-17-15(22)10-3-2-4-11(19-10)16(23)18-9-5-6-13-12(7-9)20-14(21)8-24-13/h2-7H,8H2,1H3,(H,17,22)(H,18,23)(H,20,21). The summed E-state index contributed by atoms with van der Waals surface area (Å²) in [7, 11) is 1.49. The monoisotopic (exact) mass is 326 g/mol. The summed E-state index contributed by atoms with van der Waals surface area (Å²) in [6.45, 7) is -0.0328. The Bertz CT molecular complexity index is 835. The number of rotatable bonds is 3. The van der Waals surface area contributed by atoms with Crippen LogP contribution in [0.5, 0.6) is 5.75 Å². The quantitative estimate of drug-likeness (QED) is 0.780. The number of benzene rings is 1. The van der Waals surface area contributed by atoms with Gasteiger partial charge in [-0.3, -0.25) is 14.4 Å². The smallest absolute Gasteiger partial charge is 0.274 e. The van der Waals surface area contributed by atoms with E-state index in [1.54, 1.807) is 24.3 Å². The molecule has 0 fully saturated rings. The topological polar surface area (TPSA) is 109 Å². The maximum Gasteiger partial charge on any atom is 0.274 e. The van der Waals surface area contributed by atoms with Crippen LogP contribution in [-0.4, -0.2) is 36.4 Å². The van der Waals surface area contributed by atoms with Gasteiger partial charge >= 0.3 is 0 Å². The highest BCUT2D eigenvalue weighted by Crippen LogP contribution is 2.30. The number of nitrogens with one attached hydrogen (secondary N) is 3. The van der Waals surface area contributed by atoms with Gasteiger partial charge in [0.1, 0.15) is 17.1 Å². The zero-order chi connectivity index (χ0) is 17.1. The van der Waals surface area contributed by atoms with Crippen LogP contribution in [-0.2, 0) is 4.79 Å². The second-order valence-electron chi connectivity index (χ2n) is 4.99. The van der Waals surface area contributed by atoms with Gasteiger partial charge in [-0.25, -0.2) is 4.98 Å². The Morgan fingerprint density at radius 1 is 1.17 bits per heavy atom. The van der Waals surface area contributed by atoms with Crippen molar-refractivity contribution in [3.63, 3.8) is 0 Å². The Hall–Kier alpha value is -3.42. The van der Waals surface area contributed by atoms with E-state index in [9.17, 15) is 14.4 Å². The van der Waals surface area contributed by atoms with Gasteiger partial charge in [-0.1, -0.05) is 6.07 Å². The first-order valence-electron chi connectivity index (χ1n) is 7.14. The first-order chi connectivity index (χ1) is 11.6. The fourth-order valence-electron chi connectivity index (χ4n) is 2.17. The summed E-state index contributed by atoms with van der Waals surface area (Å²) in [4.78, 5) is 39.2. The van der Waals surface area contributed by atoms with Crippen LogP contribution >= 0.6 is 0 Å². The predicted molar refractivity (Wildman–Crippen MR) is 86.1 cm³/mol. The number of aromatic nitrogens is 1. The number of carbonyl (C=O) groups is 3. The summed E-state index contributed by atoms with van der Waals surface area (Å²) in [6.07, 6.45) is 0. The lowest BCUT2D eigenvalue weighted by atomic mass is 10.2. The maximum absolute atomic E-state index is 12.3. The molecular weight excluding hydrogens is 312 g/mol. The van der Waals surface area contributed by atoms with Crippen molar-refractivity contribution in [2.45, 2.75) is 0 Å². The average molecular weight is 326 g/mol. The molecule has 8 heteroatoms. The Kier molecular flexibility index (Phi) is 4.11. The van der Waals surface area contributed by atoms with Crippen molar-refractivity contribution in [3.05, 3.63) is 47.8 Å². The molecule has 1 aromatic carbocycles. The molecule has 0 saturated carbocycles. The van der Waals surface area contributed by atoms with E-state index in [1.165, 1.54) is 19.2 Å². The number of anilines is 2. The second kappa shape index (κ2) is 6.37. The number of amides is 3. The molecule has 1 aromatic heterocycles. The Morgan fingerprint density at radius 3 is 2.67 bits per heavy atom. The van der Waals surface area contributed by atoms with Gasteiger partial charge in [-0.2, -0.15) is 0 Å². The number of pyridine rings is 1. The molecule has 0 spiro atoms. The minimum atomic E-state index is -0.469. The van der Waals surface area contributed by atoms with Gasteiger partial charge in [0.2, 0.25) is 0 Å². The Labute approximate surface area is 137 Å². The third kappa shape index (κ3) is 3.17. The summed E-state index contributed by atoms with van der Waals surface area (Å²) in [5.41, 5.74) is 1.21. The van der Waals surface area contributed by atoms with Gasteiger partial charge < -0.3 is 20.7 Å². The van der Waals surface area contributed by atoms with E-state index >= 15 is 0 Å². The lowest BCUT2D eigenvalue weighted by Gasteiger charge is -2.18. The van der Waals surface area contributed by atoms with Gasteiger partial charge in [-0.05, 0) is 30.3 Å². The zero-order valence-electron chi connectivity index (χ0n) is 12.8. The first-order valence-corrected chi connectivity index (χ1v) is 7.14. The summed E-state index contributed by atoms with van der Waals surface area (Å²) >= 11 is 0. The largest absolute Gasteiger partial charge is 0.482 e. The molecule has 8 nitrogen and oxygen atoms in total. The molecular formula is C16H14N4O4. The van der Waals surface area contributed by atoms with Crippen molar-refractivity contribution in [3.8, 4) is 5.75 Å². The SMILES string of the molecule is CNC(=O)c1cccc(C(=O)Nc2ccc3c(c2)NC(=O)CO3)n1. The molecule has 24 heavy (non-hydrogen) atoms. The van der Waals surface area contributed by atoms with Crippen molar-refractivity contribution in [2.75, 3.05) is 24.3 Å². The number of carbonyl (C=O) groups excluding carboxylic acids is 3. The molecule has 1 aliphatic rings. The molecule has 122 valence electrons. The van der Waals surface area contributed by atoms with Crippen molar-refractivity contribution in [1.29, 1.82) is 0 Å². The Morgan fingerprint density at radius 2 is 1.92 bits per heavy atom. The number of nitrogens with zero attached hydrogens (tertiary/aromatic N) is 1. The third-order valence-electron chi connectivity index (χ3n) is 3.31. The van der Waals surface area contributed by atoms with Crippen molar-refractivity contribution >= 4 is 29.1 Å². The molecule has 0 unspecified atom stereocenters. The molecule has 0 aliphatic carbocycles. The highest BCUT2D eigenvalue weighted by atomic mass is 16.5. The van der Waals surface area contributed by atoms with E-state index in [0.717, 1.165) is 0 Å². The van der Waals surface area contributed by atoms with Gasteiger partial charge in [0.15, 0.2) is 6.61 Å². The second-order valence-corrected chi connectivity index (χ2v) is 4.99. The van der Waals surface area contributed by atoms with E-state index in [-0.39, 0.29) is 29.8 Å². The zero-order valence-corrected chi connectivity index (χ0v) is 12.8. The highest BCUT2D eigenvalue weighted by molar-refractivity contribution is 6.04. The fraction of sp³-hybridized carbons (Fsp3) is 0.125. The summed E-state index contributed by atoms with van der Waals surface area (Å²) in [5.74, 6) is -0.569. The predicted octanol–water partition coefficient (Wildman–Crippen LogP) is 1.02. The Balaban J connectivity index is 1.79. The van der Waals surface area contributed by atoms with Gasteiger partial charge in [0, 0.05) is 12.7 Å². The minimum absolute atomic E-state index is 0.0328. The lowest BCUT2D eigenvalue weighted by Crippen LogP contribution is -2.25. The van der Waals surface area contributed by atoms with E-state index < -0.39 is 5.91 Å². The number of hydrogen-bond acceptors (Lipinski definition) is 5. The molecule has 2 heterocycles. The molecule has 0 bridgehead atoms. The average Bonchev–Trinajstić information content (AvgIpc) is 2.60. The number of fused-ring (bicyclic) bond motifs is 1. The summed E-state index contributed by atoms with van der Waals surface area (Å²) in [6, 6.07) is 9.49. The molecule has 0 saturated heterocycles. The molecule has 3 rings (SSSR count). The van der Waals surface area contributed by atoms with E-state index in [2.05, 4.69) is 20.9 Å². The van der Waals surface area contributed by atoms with E-state index in [4.69, 9.17) is 4.74 Å². The van der Waals surface area contributed by atoms with Crippen LogP contribution in [0.15, 0.2) is 36.4 Å². The van der Waals surface area contributed by atoms with Crippen LogP contribution in [0.3, 0.4) is 0 Å². The van der Waals surface area contributed by atoms with Gasteiger partial charge in [-0.15, -0.1) is 0 Å². The first kappa shape index (κ1) is 15.5. The highest BCUT2D eigenvalue weighted by Gasteiger charge is 2.17. The van der Waals surface area contributed by atoms with Crippen molar-refractivity contribution in [2.24, 2.45) is 0 Å². The summed E-state index contributed by atoms with van der Waals surface area (Å²) < 4.78 is 5.25. The normalized spacial score (nSPS) is 12.5. The van der Waals surface area contributed by atoms with Crippen molar-refractivity contribution in [1.82, 2.24) is 10.3 Å². The molecule has 2 aromatic rings. The van der Waals surface area contributed by atoms with Crippen LogP contribution in [0.2, 0.25) is 0 Å². The lowest BCUT2D eigenvalue weighted by molar-refractivity contribution is -0.118. The molecule has 0 atom stereocenters. The van der Waals surface area contributed by atoms with Crippen LogP contribution in [0.4, 0.5) is 11.4 Å². The van der Waals surface area contributed by atoms with Crippen LogP contribution in [0, 0.1) is 0 Å². The number of ether oxygens (including phenoxy) is 1. The molecule has 0 radical (unpaired) electrons.